The Kier molecular flexibility index (Phi) is 5.15. The molecule has 0 aliphatic heterocycles. The number of hydrogen-bond acceptors (Lipinski definition) is 8. The molecule has 8 heteroatoms. The molecular weight excluding hydrogens is 368 g/mol. The van der Waals surface area contributed by atoms with Crippen molar-refractivity contribution in [2.45, 2.75) is 6.61 Å². The lowest BCUT2D eigenvalue weighted by Crippen LogP contribution is -2.02. The molecule has 0 aliphatic carbocycles. The summed E-state index contributed by atoms with van der Waals surface area (Å²) in [4.78, 5) is 16.8. The number of nitrogens with zero attached hydrogens (tertiary/aromatic N) is 4. The van der Waals surface area contributed by atoms with Crippen LogP contribution in [0.4, 0.5) is 11.5 Å². The van der Waals surface area contributed by atoms with E-state index in [1.165, 1.54) is 6.33 Å². The van der Waals surface area contributed by atoms with Crippen LogP contribution in [0.1, 0.15) is 5.56 Å². The molecule has 4 aromatic rings. The van der Waals surface area contributed by atoms with Gasteiger partial charge in [0, 0.05) is 29.7 Å². The molecule has 4 N–H and O–H groups in total. The molecule has 0 radical (unpaired) electrons. The molecule has 0 saturated carbocycles. The van der Waals surface area contributed by atoms with Gasteiger partial charge in [0.05, 0.1) is 5.56 Å². The highest BCUT2D eigenvalue weighted by Gasteiger charge is 2.15. The summed E-state index contributed by atoms with van der Waals surface area (Å²) < 4.78 is 11.5. The van der Waals surface area contributed by atoms with E-state index in [0.717, 1.165) is 5.56 Å². The summed E-state index contributed by atoms with van der Waals surface area (Å²) in [6, 6.07) is 17.1. The zero-order valence-corrected chi connectivity index (χ0v) is 15.4. The lowest BCUT2D eigenvalue weighted by Gasteiger charge is -2.12. The van der Waals surface area contributed by atoms with E-state index in [1.807, 2.05) is 30.3 Å². The monoisotopic (exact) mass is 386 g/mol. The molecule has 2 aromatic heterocycles. The van der Waals surface area contributed by atoms with Gasteiger partial charge in [0.2, 0.25) is 5.88 Å². The average Bonchev–Trinajstić information content (AvgIpc) is 2.74. The second-order valence-electron chi connectivity index (χ2n) is 6.14. The van der Waals surface area contributed by atoms with Crippen molar-refractivity contribution >= 4 is 11.5 Å². The van der Waals surface area contributed by atoms with Gasteiger partial charge in [-0.2, -0.15) is 0 Å². The maximum absolute atomic E-state index is 6.07. The van der Waals surface area contributed by atoms with Crippen LogP contribution in [-0.4, -0.2) is 19.9 Å². The van der Waals surface area contributed by atoms with E-state index in [9.17, 15) is 0 Å². The Morgan fingerprint density at radius 2 is 1.62 bits per heavy atom. The molecule has 4 rings (SSSR count). The SMILES string of the molecule is Nc1cccc(Oc2ncnc(N)c2-c2cnc(OCc3ccccc3)nc2)c1. The van der Waals surface area contributed by atoms with Crippen LogP contribution in [0.3, 0.4) is 0 Å². The summed E-state index contributed by atoms with van der Waals surface area (Å²) in [7, 11) is 0. The molecule has 8 nitrogen and oxygen atoms in total. The maximum Gasteiger partial charge on any atom is 0.316 e. The van der Waals surface area contributed by atoms with E-state index in [4.69, 9.17) is 20.9 Å². The Morgan fingerprint density at radius 1 is 0.828 bits per heavy atom. The lowest BCUT2D eigenvalue weighted by atomic mass is 10.1. The highest BCUT2D eigenvalue weighted by molar-refractivity contribution is 5.77. The van der Waals surface area contributed by atoms with E-state index in [-0.39, 0.29) is 17.7 Å². The zero-order valence-electron chi connectivity index (χ0n) is 15.4. The summed E-state index contributed by atoms with van der Waals surface area (Å²) in [5.41, 5.74) is 14.6. The third-order valence-corrected chi connectivity index (χ3v) is 4.04. The molecule has 2 heterocycles. The fraction of sp³-hybridized carbons (Fsp3) is 0.0476. The zero-order chi connectivity index (χ0) is 20.1. The Morgan fingerprint density at radius 3 is 2.38 bits per heavy atom. The van der Waals surface area contributed by atoms with Gasteiger partial charge in [0.1, 0.15) is 24.5 Å². The summed E-state index contributed by atoms with van der Waals surface area (Å²) in [6.07, 6.45) is 4.52. The van der Waals surface area contributed by atoms with Gasteiger partial charge in [-0.15, -0.1) is 0 Å². The number of rotatable bonds is 6. The van der Waals surface area contributed by atoms with Crippen LogP contribution in [0, 0.1) is 0 Å². The molecule has 0 atom stereocenters. The van der Waals surface area contributed by atoms with Gasteiger partial charge in [0.25, 0.3) is 0 Å². The quantitative estimate of drug-likeness (QED) is 0.483. The summed E-state index contributed by atoms with van der Waals surface area (Å²) in [5, 5.41) is 0. The highest BCUT2D eigenvalue weighted by atomic mass is 16.5. The van der Waals surface area contributed by atoms with Crippen LogP contribution in [0.2, 0.25) is 0 Å². The Hall–Kier alpha value is -4.20. The van der Waals surface area contributed by atoms with Gasteiger partial charge in [-0.3, -0.25) is 0 Å². The minimum atomic E-state index is 0.250. The molecule has 144 valence electrons. The highest BCUT2D eigenvalue weighted by Crippen LogP contribution is 2.34. The Labute approximate surface area is 167 Å². The standard InChI is InChI=1S/C21H18N6O2/c22-16-7-4-8-17(9-16)29-20-18(19(23)26-13-27-20)15-10-24-21(25-11-15)28-12-14-5-2-1-3-6-14/h1-11,13H,12,22H2,(H2,23,26,27). The Balaban J connectivity index is 1.56. The third-order valence-electron chi connectivity index (χ3n) is 4.04. The molecule has 29 heavy (non-hydrogen) atoms. The van der Waals surface area contributed by atoms with Crippen molar-refractivity contribution in [1.82, 2.24) is 19.9 Å². The van der Waals surface area contributed by atoms with E-state index in [2.05, 4.69) is 19.9 Å². The first kappa shape index (κ1) is 18.2. The first-order chi connectivity index (χ1) is 14.2. The fourth-order valence-corrected chi connectivity index (χ4v) is 2.66. The number of ether oxygens (including phenoxy) is 2. The minimum absolute atomic E-state index is 0.250. The molecule has 0 saturated heterocycles. The normalized spacial score (nSPS) is 10.5. The molecule has 0 fully saturated rings. The number of nitrogens with two attached hydrogens (primary N) is 2. The van der Waals surface area contributed by atoms with Gasteiger partial charge >= 0.3 is 6.01 Å². The van der Waals surface area contributed by atoms with E-state index in [1.54, 1.807) is 36.7 Å². The second kappa shape index (κ2) is 8.22. The second-order valence-corrected chi connectivity index (χ2v) is 6.14. The van der Waals surface area contributed by atoms with Crippen LogP contribution in [0.5, 0.6) is 17.6 Å². The van der Waals surface area contributed by atoms with Gasteiger partial charge < -0.3 is 20.9 Å². The van der Waals surface area contributed by atoms with Gasteiger partial charge in [0.15, 0.2) is 0 Å². The predicted octanol–water partition coefficient (Wildman–Crippen LogP) is 3.47. The fourth-order valence-electron chi connectivity index (χ4n) is 2.66. The van der Waals surface area contributed by atoms with Crippen LogP contribution in [0.15, 0.2) is 73.3 Å². The van der Waals surface area contributed by atoms with E-state index < -0.39 is 0 Å². The van der Waals surface area contributed by atoms with E-state index in [0.29, 0.717) is 29.2 Å². The minimum Gasteiger partial charge on any atom is -0.459 e. The summed E-state index contributed by atoms with van der Waals surface area (Å²) in [5.74, 6) is 1.07. The molecule has 0 spiro atoms. The van der Waals surface area contributed by atoms with Crippen molar-refractivity contribution < 1.29 is 9.47 Å². The van der Waals surface area contributed by atoms with Crippen molar-refractivity contribution in [2.75, 3.05) is 11.5 Å². The Bertz CT molecular complexity index is 1100. The predicted molar refractivity (Wildman–Crippen MR) is 109 cm³/mol. The number of nitrogen functional groups attached to an aromatic ring is 2. The topological polar surface area (TPSA) is 122 Å². The summed E-state index contributed by atoms with van der Waals surface area (Å²) >= 11 is 0. The van der Waals surface area contributed by atoms with E-state index >= 15 is 0 Å². The third kappa shape index (κ3) is 4.38. The first-order valence-electron chi connectivity index (χ1n) is 8.82. The van der Waals surface area contributed by atoms with Gasteiger partial charge in [-0.25, -0.2) is 19.9 Å². The molecule has 0 amide bonds. The van der Waals surface area contributed by atoms with Crippen molar-refractivity contribution in [2.24, 2.45) is 0 Å². The number of benzene rings is 2. The van der Waals surface area contributed by atoms with Crippen molar-refractivity contribution in [1.29, 1.82) is 0 Å². The molecular formula is C21H18N6O2. The van der Waals surface area contributed by atoms with Crippen LogP contribution in [0.25, 0.3) is 11.1 Å². The first-order valence-corrected chi connectivity index (χ1v) is 8.82. The van der Waals surface area contributed by atoms with Crippen molar-refractivity contribution in [3.8, 4) is 28.8 Å². The smallest absolute Gasteiger partial charge is 0.316 e. The number of anilines is 2. The number of aromatic nitrogens is 4. The summed E-state index contributed by atoms with van der Waals surface area (Å²) in [6.45, 7) is 0.376. The average molecular weight is 386 g/mol. The lowest BCUT2D eigenvalue weighted by molar-refractivity contribution is 0.280. The molecule has 0 aliphatic rings. The van der Waals surface area contributed by atoms with Crippen LogP contribution in [-0.2, 0) is 6.61 Å². The van der Waals surface area contributed by atoms with Crippen molar-refractivity contribution in [3.05, 3.63) is 78.9 Å². The molecule has 0 unspecified atom stereocenters. The molecule has 2 aromatic carbocycles. The largest absolute Gasteiger partial charge is 0.459 e. The van der Waals surface area contributed by atoms with Crippen LogP contribution < -0.4 is 20.9 Å². The van der Waals surface area contributed by atoms with Crippen molar-refractivity contribution in [3.63, 3.8) is 0 Å². The number of hydrogen-bond donors (Lipinski definition) is 2. The molecule has 0 bridgehead atoms. The van der Waals surface area contributed by atoms with Gasteiger partial charge in [-0.1, -0.05) is 36.4 Å². The maximum atomic E-state index is 6.07. The van der Waals surface area contributed by atoms with Gasteiger partial charge in [-0.05, 0) is 17.7 Å². The van der Waals surface area contributed by atoms with Crippen LogP contribution >= 0.6 is 0 Å².